The molecule has 1 aromatic heterocycles. The number of ether oxygens (including phenoxy) is 1. The predicted molar refractivity (Wildman–Crippen MR) is 84.2 cm³/mol. The van der Waals surface area contributed by atoms with Crippen LogP contribution in [0.5, 0.6) is 0 Å². The third kappa shape index (κ3) is 4.44. The number of amides is 1. The van der Waals surface area contributed by atoms with Gasteiger partial charge in [0.1, 0.15) is 5.15 Å². The Morgan fingerprint density at radius 2 is 1.82 bits per heavy atom. The van der Waals surface area contributed by atoms with Crippen LogP contribution >= 0.6 is 23.2 Å². The number of esters is 1. The third-order valence-corrected chi connectivity index (χ3v) is 3.20. The van der Waals surface area contributed by atoms with E-state index in [0.29, 0.717) is 10.7 Å². The highest BCUT2D eigenvalue weighted by Gasteiger charge is 2.19. The van der Waals surface area contributed by atoms with Crippen LogP contribution in [0.2, 0.25) is 10.2 Å². The summed E-state index contributed by atoms with van der Waals surface area (Å²) in [5.41, 5.74) is 0.779. The first-order valence-corrected chi connectivity index (χ1v) is 7.10. The Balaban J connectivity index is 1.94. The zero-order valence-corrected chi connectivity index (χ0v) is 13.1. The average Bonchev–Trinajstić information content (AvgIpc) is 2.50. The number of hydrogen-bond donors (Lipinski definition) is 1. The van der Waals surface area contributed by atoms with Gasteiger partial charge in [0.15, 0.2) is 6.10 Å². The van der Waals surface area contributed by atoms with Gasteiger partial charge in [-0.05, 0) is 43.3 Å². The lowest BCUT2D eigenvalue weighted by Crippen LogP contribution is -2.30. The van der Waals surface area contributed by atoms with E-state index >= 15 is 0 Å². The number of anilines is 1. The molecule has 0 fully saturated rings. The van der Waals surface area contributed by atoms with Crippen molar-refractivity contribution in [1.82, 2.24) is 4.98 Å². The molecule has 0 aliphatic rings. The van der Waals surface area contributed by atoms with E-state index in [9.17, 15) is 9.59 Å². The number of halogens is 2. The van der Waals surface area contributed by atoms with Gasteiger partial charge in [-0.15, -0.1) is 0 Å². The van der Waals surface area contributed by atoms with Gasteiger partial charge in [0.2, 0.25) is 0 Å². The molecule has 2 aromatic rings. The first-order chi connectivity index (χ1) is 10.5. The number of hydrogen-bond acceptors (Lipinski definition) is 4. The number of aromatic nitrogens is 1. The fraction of sp³-hybridized carbons (Fsp3) is 0.133. The summed E-state index contributed by atoms with van der Waals surface area (Å²) in [6.45, 7) is 1.48. The van der Waals surface area contributed by atoms with E-state index in [2.05, 4.69) is 10.3 Å². The summed E-state index contributed by atoms with van der Waals surface area (Å²) in [5.74, 6) is -1.10. The van der Waals surface area contributed by atoms with Gasteiger partial charge in [0, 0.05) is 16.9 Å². The van der Waals surface area contributed by atoms with Crippen LogP contribution in [0.1, 0.15) is 17.3 Å². The maximum absolute atomic E-state index is 12.0. The topological polar surface area (TPSA) is 68.3 Å². The van der Waals surface area contributed by atoms with Crippen LogP contribution in [-0.4, -0.2) is 23.0 Å². The quantitative estimate of drug-likeness (QED) is 0.683. The van der Waals surface area contributed by atoms with Crippen LogP contribution in [0.3, 0.4) is 0 Å². The lowest BCUT2D eigenvalue weighted by atomic mass is 10.2. The summed E-state index contributed by atoms with van der Waals surface area (Å²) >= 11 is 11.4. The molecular weight excluding hydrogens is 327 g/mol. The van der Waals surface area contributed by atoms with Crippen LogP contribution in [0.25, 0.3) is 0 Å². The third-order valence-electron chi connectivity index (χ3n) is 2.73. The summed E-state index contributed by atoms with van der Waals surface area (Å²) in [5, 5.41) is 3.45. The summed E-state index contributed by atoms with van der Waals surface area (Å²) in [4.78, 5) is 27.6. The molecule has 2 rings (SSSR count). The summed E-state index contributed by atoms with van der Waals surface area (Å²) < 4.78 is 5.07. The van der Waals surface area contributed by atoms with E-state index < -0.39 is 18.0 Å². The molecule has 7 heteroatoms. The number of carbonyl (C=O) groups is 2. The maximum Gasteiger partial charge on any atom is 0.340 e. The highest BCUT2D eigenvalue weighted by Crippen LogP contribution is 2.14. The molecule has 0 radical (unpaired) electrons. The molecule has 1 N–H and O–H groups in total. The maximum atomic E-state index is 12.0. The molecule has 1 aromatic carbocycles. The standard InChI is InChI=1S/C15H12Cl2N2O3/c1-9(14(20)19-12-5-3-11(16)4-6-12)22-15(21)10-2-7-13(17)18-8-10/h2-9H,1H3,(H,19,20)/t9-/m0/s1. The van der Waals surface area contributed by atoms with E-state index in [1.165, 1.54) is 25.3 Å². The minimum atomic E-state index is -0.959. The normalized spacial score (nSPS) is 11.6. The molecule has 114 valence electrons. The highest BCUT2D eigenvalue weighted by molar-refractivity contribution is 6.30. The Hall–Kier alpha value is -2.11. The lowest BCUT2D eigenvalue weighted by molar-refractivity contribution is -0.123. The van der Waals surface area contributed by atoms with Gasteiger partial charge < -0.3 is 10.1 Å². The SMILES string of the molecule is C[C@H](OC(=O)c1ccc(Cl)nc1)C(=O)Nc1ccc(Cl)cc1. The van der Waals surface area contributed by atoms with Gasteiger partial charge in [-0.25, -0.2) is 9.78 Å². The molecule has 0 aliphatic carbocycles. The van der Waals surface area contributed by atoms with Crippen molar-refractivity contribution in [2.45, 2.75) is 13.0 Å². The van der Waals surface area contributed by atoms with E-state index in [4.69, 9.17) is 27.9 Å². The van der Waals surface area contributed by atoms with Crippen molar-refractivity contribution < 1.29 is 14.3 Å². The fourth-order valence-corrected chi connectivity index (χ4v) is 1.79. The van der Waals surface area contributed by atoms with Gasteiger partial charge in [-0.3, -0.25) is 4.79 Å². The average molecular weight is 339 g/mol. The number of pyridine rings is 1. The number of nitrogens with zero attached hydrogens (tertiary/aromatic N) is 1. The fourth-order valence-electron chi connectivity index (χ4n) is 1.56. The van der Waals surface area contributed by atoms with Gasteiger partial charge in [0.05, 0.1) is 5.56 Å². The molecule has 22 heavy (non-hydrogen) atoms. The van der Waals surface area contributed by atoms with Gasteiger partial charge in [0.25, 0.3) is 5.91 Å². The molecule has 0 unspecified atom stereocenters. The number of carbonyl (C=O) groups excluding carboxylic acids is 2. The molecule has 0 spiro atoms. The van der Waals surface area contributed by atoms with Crippen LogP contribution in [-0.2, 0) is 9.53 Å². The monoisotopic (exact) mass is 338 g/mol. The smallest absolute Gasteiger partial charge is 0.340 e. The van der Waals surface area contributed by atoms with Crippen molar-refractivity contribution in [2.75, 3.05) is 5.32 Å². The minimum Gasteiger partial charge on any atom is -0.449 e. The summed E-state index contributed by atoms with van der Waals surface area (Å²) in [6.07, 6.45) is 0.327. The van der Waals surface area contributed by atoms with E-state index in [-0.39, 0.29) is 10.7 Å². The van der Waals surface area contributed by atoms with Crippen molar-refractivity contribution in [2.24, 2.45) is 0 Å². The van der Waals surface area contributed by atoms with E-state index in [1.54, 1.807) is 24.3 Å². The highest BCUT2D eigenvalue weighted by atomic mass is 35.5. The number of rotatable bonds is 4. The van der Waals surface area contributed by atoms with Crippen molar-refractivity contribution in [3.05, 3.63) is 58.3 Å². The van der Waals surface area contributed by atoms with Crippen molar-refractivity contribution in [3.63, 3.8) is 0 Å². The van der Waals surface area contributed by atoms with Crippen molar-refractivity contribution in [1.29, 1.82) is 0 Å². The molecule has 1 heterocycles. The first kappa shape index (κ1) is 16.3. The molecule has 0 aliphatic heterocycles. The lowest BCUT2D eigenvalue weighted by Gasteiger charge is -2.13. The Morgan fingerprint density at radius 3 is 2.41 bits per heavy atom. The van der Waals surface area contributed by atoms with Crippen LogP contribution < -0.4 is 5.32 Å². The Bertz CT molecular complexity index is 672. The second kappa shape index (κ2) is 7.24. The number of benzene rings is 1. The molecule has 5 nitrogen and oxygen atoms in total. The molecule has 0 saturated heterocycles. The Kier molecular flexibility index (Phi) is 5.35. The second-order valence-electron chi connectivity index (χ2n) is 4.41. The molecular formula is C15H12Cl2N2O3. The molecule has 0 saturated carbocycles. The van der Waals surface area contributed by atoms with Crippen LogP contribution in [0.15, 0.2) is 42.6 Å². The first-order valence-electron chi connectivity index (χ1n) is 6.34. The predicted octanol–water partition coefficient (Wildman–Crippen LogP) is 3.57. The van der Waals surface area contributed by atoms with Crippen molar-refractivity contribution in [3.8, 4) is 0 Å². The largest absolute Gasteiger partial charge is 0.449 e. The molecule has 0 bridgehead atoms. The molecule has 1 atom stereocenters. The Labute approximate surface area is 137 Å². The van der Waals surface area contributed by atoms with E-state index in [0.717, 1.165) is 0 Å². The summed E-state index contributed by atoms with van der Waals surface area (Å²) in [6, 6.07) is 9.54. The van der Waals surface area contributed by atoms with Gasteiger partial charge in [-0.2, -0.15) is 0 Å². The zero-order chi connectivity index (χ0) is 16.1. The summed E-state index contributed by atoms with van der Waals surface area (Å²) in [7, 11) is 0. The van der Waals surface area contributed by atoms with Crippen molar-refractivity contribution >= 4 is 40.8 Å². The van der Waals surface area contributed by atoms with Crippen LogP contribution in [0.4, 0.5) is 5.69 Å². The molecule has 1 amide bonds. The zero-order valence-electron chi connectivity index (χ0n) is 11.5. The number of nitrogens with one attached hydrogen (secondary N) is 1. The minimum absolute atomic E-state index is 0.218. The Morgan fingerprint density at radius 1 is 1.14 bits per heavy atom. The second-order valence-corrected chi connectivity index (χ2v) is 5.24. The van der Waals surface area contributed by atoms with Gasteiger partial charge >= 0.3 is 5.97 Å². The van der Waals surface area contributed by atoms with Crippen LogP contribution in [0, 0.1) is 0 Å². The van der Waals surface area contributed by atoms with E-state index in [1.807, 2.05) is 0 Å². The van der Waals surface area contributed by atoms with Gasteiger partial charge in [-0.1, -0.05) is 23.2 Å².